The van der Waals surface area contributed by atoms with Crippen molar-refractivity contribution in [1.82, 2.24) is 10.6 Å². The Labute approximate surface area is 133 Å². The number of cyclic esters (lactones) is 1. The summed E-state index contributed by atoms with van der Waals surface area (Å²) in [5.74, 6) is 1.42. The van der Waals surface area contributed by atoms with Crippen LogP contribution in [0.25, 0.3) is 0 Å². The van der Waals surface area contributed by atoms with Crippen LogP contribution in [0, 0.1) is 5.92 Å². The predicted molar refractivity (Wildman–Crippen MR) is 84.5 cm³/mol. The van der Waals surface area contributed by atoms with E-state index in [1.165, 1.54) is 0 Å². The lowest BCUT2D eigenvalue weighted by Gasteiger charge is -2.15. The summed E-state index contributed by atoms with van der Waals surface area (Å²) >= 11 is 3.48. The van der Waals surface area contributed by atoms with Gasteiger partial charge in [-0.2, -0.15) is 0 Å². The van der Waals surface area contributed by atoms with Gasteiger partial charge >= 0.3 is 6.09 Å². The summed E-state index contributed by atoms with van der Waals surface area (Å²) in [5, 5.41) is 6.02. The van der Waals surface area contributed by atoms with Crippen LogP contribution in [0.3, 0.4) is 0 Å². The van der Waals surface area contributed by atoms with Gasteiger partial charge in [-0.25, -0.2) is 4.79 Å². The van der Waals surface area contributed by atoms with Gasteiger partial charge in [0.05, 0.1) is 6.54 Å². The minimum absolute atomic E-state index is 0.224. The molecule has 0 spiro atoms. The van der Waals surface area contributed by atoms with Crippen molar-refractivity contribution in [3.05, 3.63) is 28.2 Å². The zero-order valence-corrected chi connectivity index (χ0v) is 13.9. The number of carbonyl (C=O) groups is 1. The molecule has 1 unspecified atom stereocenters. The van der Waals surface area contributed by atoms with Crippen molar-refractivity contribution in [2.24, 2.45) is 5.92 Å². The van der Waals surface area contributed by atoms with E-state index in [-0.39, 0.29) is 12.2 Å². The molecule has 1 aliphatic heterocycles. The van der Waals surface area contributed by atoms with Gasteiger partial charge in [0, 0.05) is 16.6 Å². The molecule has 21 heavy (non-hydrogen) atoms. The number of benzene rings is 1. The highest BCUT2D eigenvalue weighted by atomic mass is 79.9. The zero-order valence-electron chi connectivity index (χ0n) is 12.3. The SMILES string of the molecule is CC(C)CNCc1cc(Br)ccc1OCC1CNC(=O)O1. The fourth-order valence-electron chi connectivity index (χ4n) is 2.03. The number of carbonyl (C=O) groups excluding carboxylic acids is 1. The fraction of sp³-hybridized carbons (Fsp3) is 0.533. The van der Waals surface area contributed by atoms with Crippen molar-refractivity contribution >= 4 is 22.0 Å². The van der Waals surface area contributed by atoms with Crippen molar-refractivity contribution in [2.45, 2.75) is 26.5 Å². The van der Waals surface area contributed by atoms with Crippen molar-refractivity contribution in [1.29, 1.82) is 0 Å². The number of alkyl carbamates (subject to hydrolysis) is 1. The lowest BCUT2D eigenvalue weighted by Crippen LogP contribution is -2.23. The van der Waals surface area contributed by atoms with Gasteiger partial charge in [-0.1, -0.05) is 29.8 Å². The molecule has 1 atom stereocenters. The lowest BCUT2D eigenvalue weighted by molar-refractivity contribution is 0.104. The van der Waals surface area contributed by atoms with Gasteiger partial charge in [0.15, 0.2) is 6.10 Å². The Hall–Kier alpha value is -1.27. The molecule has 1 amide bonds. The van der Waals surface area contributed by atoms with E-state index >= 15 is 0 Å². The number of ether oxygens (including phenoxy) is 2. The lowest BCUT2D eigenvalue weighted by atomic mass is 10.2. The van der Waals surface area contributed by atoms with E-state index in [4.69, 9.17) is 9.47 Å². The molecule has 0 bridgehead atoms. The van der Waals surface area contributed by atoms with Crippen molar-refractivity contribution in [3.8, 4) is 5.75 Å². The first-order valence-electron chi connectivity index (χ1n) is 7.11. The molecule has 0 aliphatic carbocycles. The Kier molecular flexibility index (Phi) is 5.87. The van der Waals surface area contributed by atoms with Crippen LogP contribution in [-0.4, -0.2) is 31.9 Å². The molecule has 6 heteroatoms. The molecule has 0 radical (unpaired) electrons. The van der Waals surface area contributed by atoms with Crippen LogP contribution in [0.15, 0.2) is 22.7 Å². The summed E-state index contributed by atoms with van der Waals surface area (Å²) < 4.78 is 11.9. The smallest absolute Gasteiger partial charge is 0.407 e. The third-order valence-electron chi connectivity index (χ3n) is 3.06. The Morgan fingerprint density at radius 3 is 3.00 bits per heavy atom. The summed E-state index contributed by atoms with van der Waals surface area (Å²) in [4.78, 5) is 11.0. The van der Waals surface area contributed by atoms with Crippen LogP contribution >= 0.6 is 15.9 Å². The summed E-state index contributed by atoms with van der Waals surface area (Å²) in [6, 6.07) is 5.92. The van der Waals surface area contributed by atoms with E-state index < -0.39 is 0 Å². The van der Waals surface area contributed by atoms with E-state index in [1.54, 1.807) is 0 Å². The maximum Gasteiger partial charge on any atom is 0.407 e. The number of hydrogen-bond donors (Lipinski definition) is 2. The standard InChI is InChI=1S/C15H21BrN2O3/c1-10(2)6-17-7-11-5-12(16)3-4-14(11)20-9-13-8-18-15(19)21-13/h3-5,10,13,17H,6-9H2,1-2H3,(H,18,19). The highest BCUT2D eigenvalue weighted by Gasteiger charge is 2.23. The van der Waals surface area contributed by atoms with Crippen molar-refractivity contribution in [2.75, 3.05) is 19.7 Å². The number of nitrogens with one attached hydrogen (secondary N) is 2. The third-order valence-corrected chi connectivity index (χ3v) is 3.56. The number of hydrogen-bond acceptors (Lipinski definition) is 4. The van der Waals surface area contributed by atoms with E-state index in [1.807, 2.05) is 18.2 Å². The average molecular weight is 357 g/mol. The first-order chi connectivity index (χ1) is 10.0. The van der Waals surface area contributed by atoms with Gasteiger partial charge in [0.25, 0.3) is 0 Å². The molecule has 2 rings (SSSR count). The highest BCUT2D eigenvalue weighted by Crippen LogP contribution is 2.23. The van der Waals surface area contributed by atoms with Crippen molar-refractivity contribution < 1.29 is 14.3 Å². The van der Waals surface area contributed by atoms with Crippen LogP contribution in [0.2, 0.25) is 0 Å². The Morgan fingerprint density at radius 2 is 2.33 bits per heavy atom. The minimum atomic E-state index is -0.377. The number of halogens is 1. The zero-order chi connectivity index (χ0) is 15.2. The maximum atomic E-state index is 11.0. The van der Waals surface area contributed by atoms with Gasteiger partial charge in [-0.05, 0) is 30.7 Å². The molecular weight excluding hydrogens is 336 g/mol. The van der Waals surface area contributed by atoms with Crippen LogP contribution in [-0.2, 0) is 11.3 Å². The van der Waals surface area contributed by atoms with Gasteiger partial charge in [-0.15, -0.1) is 0 Å². The largest absolute Gasteiger partial charge is 0.489 e. The van der Waals surface area contributed by atoms with E-state index in [0.29, 0.717) is 19.1 Å². The first-order valence-corrected chi connectivity index (χ1v) is 7.90. The molecule has 0 saturated carbocycles. The topological polar surface area (TPSA) is 59.6 Å². The van der Waals surface area contributed by atoms with E-state index in [0.717, 1.165) is 28.9 Å². The molecule has 5 nitrogen and oxygen atoms in total. The monoisotopic (exact) mass is 356 g/mol. The molecule has 1 fully saturated rings. The summed E-state index contributed by atoms with van der Waals surface area (Å²) in [7, 11) is 0. The number of rotatable bonds is 7. The molecule has 1 aliphatic rings. The first kappa shape index (κ1) is 16.1. The Morgan fingerprint density at radius 1 is 1.52 bits per heavy atom. The second kappa shape index (κ2) is 7.66. The van der Waals surface area contributed by atoms with E-state index in [9.17, 15) is 4.79 Å². The van der Waals surface area contributed by atoms with E-state index in [2.05, 4.69) is 40.4 Å². The third kappa shape index (κ3) is 5.21. The van der Waals surface area contributed by atoms with Gasteiger partial charge in [0.2, 0.25) is 0 Å². The normalized spacial score (nSPS) is 17.7. The predicted octanol–water partition coefficient (Wildman–Crippen LogP) is 2.68. The minimum Gasteiger partial charge on any atom is -0.489 e. The van der Waals surface area contributed by atoms with Crippen LogP contribution in [0.5, 0.6) is 5.75 Å². The van der Waals surface area contributed by atoms with Crippen LogP contribution in [0.4, 0.5) is 4.79 Å². The van der Waals surface area contributed by atoms with Crippen LogP contribution in [0.1, 0.15) is 19.4 Å². The second-order valence-electron chi connectivity index (χ2n) is 5.50. The van der Waals surface area contributed by atoms with Gasteiger partial charge in [-0.3, -0.25) is 0 Å². The Balaban J connectivity index is 1.92. The average Bonchev–Trinajstić information content (AvgIpc) is 2.83. The Bertz CT molecular complexity index is 494. The summed E-state index contributed by atoms with van der Waals surface area (Å²) in [6.45, 7) is 6.90. The quantitative estimate of drug-likeness (QED) is 0.788. The van der Waals surface area contributed by atoms with Gasteiger partial charge in [0.1, 0.15) is 12.4 Å². The molecule has 1 aromatic carbocycles. The maximum absolute atomic E-state index is 11.0. The fourth-order valence-corrected chi connectivity index (χ4v) is 2.44. The molecular formula is C15H21BrN2O3. The summed E-state index contributed by atoms with van der Waals surface area (Å²) in [6.07, 6.45) is -0.601. The highest BCUT2D eigenvalue weighted by molar-refractivity contribution is 9.10. The molecule has 2 N–H and O–H groups in total. The summed E-state index contributed by atoms with van der Waals surface area (Å²) in [5.41, 5.74) is 1.09. The molecule has 1 heterocycles. The molecule has 1 saturated heterocycles. The number of amides is 1. The van der Waals surface area contributed by atoms with Gasteiger partial charge < -0.3 is 20.1 Å². The van der Waals surface area contributed by atoms with Crippen molar-refractivity contribution in [3.63, 3.8) is 0 Å². The second-order valence-corrected chi connectivity index (χ2v) is 6.41. The van der Waals surface area contributed by atoms with Crippen LogP contribution < -0.4 is 15.4 Å². The molecule has 1 aromatic rings. The molecule has 0 aromatic heterocycles. The molecule has 116 valence electrons.